The maximum Gasteiger partial charge on any atom is 0.419 e. The average molecular weight is 554 g/mol. The van der Waals surface area contributed by atoms with E-state index in [0.29, 0.717) is 17.8 Å². The molecule has 3 aromatic rings. The summed E-state index contributed by atoms with van der Waals surface area (Å²) in [7, 11) is -0.582. The van der Waals surface area contributed by atoms with Gasteiger partial charge in [-0.25, -0.2) is 0 Å². The molecule has 0 aliphatic heterocycles. The Labute approximate surface area is 232 Å². The Kier molecular flexibility index (Phi) is 7.45. The average Bonchev–Trinajstić information content (AvgIpc) is 3.64. The molecule has 6 atom stereocenters. The SMILES string of the molecule is CC(C)C(Oc1cc([S+](c2ccccc2)c2ccccc2)ccc1C(F)(F)F)OC1CC2CC1C1CCCC21. The molecule has 6 rings (SSSR count). The van der Waals surface area contributed by atoms with Gasteiger partial charge in [-0.1, -0.05) is 56.7 Å². The molecule has 3 aliphatic rings. The van der Waals surface area contributed by atoms with Crippen LogP contribution in [0.25, 0.3) is 0 Å². The summed E-state index contributed by atoms with van der Waals surface area (Å²) >= 11 is 0. The summed E-state index contributed by atoms with van der Waals surface area (Å²) in [4.78, 5) is 2.87. The van der Waals surface area contributed by atoms with E-state index in [4.69, 9.17) is 9.47 Å². The Morgan fingerprint density at radius 1 is 0.769 bits per heavy atom. The lowest BCUT2D eigenvalue weighted by Crippen LogP contribution is -2.38. The van der Waals surface area contributed by atoms with Crippen LogP contribution in [0.15, 0.2) is 93.5 Å². The van der Waals surface area contributed by atoms with Gasteiger partial charge in [0.25, 0.3) is 0 Å². The van der Waals surface area contributed by atoms with Crippen molar-refractivity contribution in [2.45, 2.75) is 79.2 Å². The Morgan fingerprint density at radius 3 is 2.03 bits per heavy atom. The molecule has 0 amide bonds. The van der Waals surface area contributed by atoms with Gasteiger partial charge in [0, 0.05) is 12.0 Å². The molecular weight excluding hydrogens is 517 g/mol. The van der Waals surface area contributed by atoms with Gasteiger partial charge in [-0.05, 0) is 85.8 Å². The monoisotopic (exact) mass is 553 g/mol. The lowest BCUT2D eigenvalue weighted by Gasteiger charge is -2.35. The van der Waals surface area contributed by atoms with E-state index in [-0.39, 0.29) is 17.8 Å². The van der Waals surface area contributed by atoms with Crippen LogP contribution in [0.2, 0.25) is 0 Å². The van der Waals surface area contributed by atoms with Crippen molar-refractivity contribution in [3.8, 4) is 5.75 Å². The topological polar surface area (TPSA) is 18.5 Å². The summed E-state index contributed by atoms with van der Waals surface area (Å²) in [6.45, 7) is 3.93. The van der Waals surface area contributed by atoms with Gasteiger partial charge in [-0.15, -0.1) is 0 Å². The van der Waals surface area contributed by atoms with Crippen LogP contribution in [-0.4, -0.2) is 12.4 Å². The normalized spacial score (nSPS) is 26.8. The second-order valence-corrected chi connectivity index (χ2v) is 13.7. The van der Waals surface area contributed by atoms with Gasteiger partial charge in [0.05, 0.1) is 22.6 Å². The number of fused-ring (bicyclic) bond motifs is 5. The van der Waals surface area contributed by atoms with E-state index in [0.717, 1.165) is 27.0 Å². The number of rotatable bonds is 8. The molecule has 2 nitrogen and oxygen atoms in total. The van der Waals surface area contributed by atoms with Crippen LogP contribution in [0.4, 0.5) is 13.2 Å². The number of hydrogen-bond acceptors (Lipinski definition) is 2. The summed E-state index contributed by atoms with van der Waals surface area (Å²) in [5, 5.41) is 0. The second kappa shape index (κ2) is 10.9. The van der Waals surface area contributed by atoms with Gasteiger partial charge in [0.2, 0.25) is 6.29 Å². The molecule has 0 N–H and O–H groups in total. The highest BCUT2D eigenvalue weighted by atomic mass is 32.2. The first-order valence-corrected chi connectivity index (χ1v) is 15.4. The molecule has 0 heterocycles. The molecule has 3 fully saturated rings. The molecule has 0 radical (unpaired) electrons. The molecule has 0 saturated heterocycles. The number of hydrogen-bond donors (Lipinski definition) is 0. The molecular formula is C33H36F3O2S+. The van der Waals surface area contributed by atoms with Gasteiger partial charge in [0.1, 0.15) is 5.75 Å². The quantitative estimate of drug-likeness (QED) is 0.205. The van der Waals surface area contributed by atoms with Crippen molar-refractivity contribution in [3.05, 3.63) is 84.4 Å². The maximum atomic E-state index is 14.2. The Hall–Kier alpha value is -2.44. The maximum absolute atomic E-state index is 14.2. The summed E-state index contributed by atoms with van der Waals surface area (Å²) in [5.41, 5.74) is -0.756. The van der Waals surface area contributed by atoms with Crippen LogP contribution in [0.1, 0.15) is 51.5 Å². The highest BCUT2D eigenvalue weighted by Crippen LogP contribution is 2.59. The van der Waals surface area contributed by atoms with Crippen LogP contribution >= 0.6 is 0 Å². The number of benzene rings is 3. The minimum absolute atomic E-state index is 0.0718. The van der Waals surface area contributed by atoms with Crippen LogP contribution in [-0.2, 0) is 21.8 Å². The molecule has 6 heteroatoms. The van der Waals surface area contributed by atoms with Gasteiger partial charge in [0.15, 0.2) is 14.7 Å². The largest absolute Gasteiger partial charge is 0.464 e. The number of alkyl halides is 3. The first-order chi connectivity index (χ1) is 18.8. The third-order valence-corrected chi connectivity index (χ3v) is 11.1. The summed E-state index contributed by atoms with van der Waals surface area (Å²) in [5.74, 6) is 2.53. The summed E-state index contributed by atoms with van der Waals surface area (Å²) in [6.07, 6.45) is 0.905. The van der Waals surface area contributed by atoms with Crippen molar-refractivity contribution in [2.24, 2.45) is 29.6 Å². The van der Waals surface area contributed by atoms with Crippen molar-refractivity contribution in [1.29, 1.82) is 0 Å². The zero-order valence-electron chi connectivity index (χ0n) is 22.4. The molecule has 3 saturated carbocycles. The number of halogens is 3. The Bertz CT molecular complexity index is 1220. The molecule has 2 bridgehead atoms. The first kappa shape index (κ1) is 26.8. The van der Waals surface area contributed by atoms with E-state index in [2.05, 4.69) is 0 Å². The van der Waals surface area contributed by atoms with Crippen LogP contribution in [0.5, 0.6) is 5.75 Å². The molecule has 39 heavy (non-hydrogen) atoms. The smallest absolute Gasteiger partial charge is 0.419 e. The molecule has 3 aliphatic carbocycles. The Morgan fingerprint density at radius 2 is 1.41 bits per heavy atom. The van der Waals surface area contributed by atoms with E-state index in [1.165, 1.54) is 31.7 Å². The van der Waals surface area contributed by atoms with Crippen LogP contribution < -0.4 is 4.74 Å². The van der Waals surface area contributed by atoms with E-state index in [1.54, 1.807) is 12.1 Å². The van der Waals surface area contributed by atoms with Gasteiger partial charge >= 0.3 is 6.18 Å². The van der Waals surface area contributed by atoms with E-state index in [9.17, 15) is 13.2 Å². The lowest BCUT2D eigenvalue weighted by molar-refractivity contribution is -0.169. The van der Waals surface area contributed by atoms with Gasteiger partial charge in [-0.3, -0.25) is 0 Å². The molecule has 6 unspecified atom stereocenters. The fourth-order valence-electron chi connectivity index (χ4n) is 7.26. The molecule has 0 spiro atoms. The Balaban J connectivity index is 1.33. The fraction of sp³-hybridized carbons (Fsp3) is 0.455. The zero-order chi connectivity index (χ0) is 27.1. The predicted molar refractivity (Wildman–Crippen MR) is 148 cm³/mol. The minimum Gasteiger partial charge on any atom is -0.464 e. The number of ether oxygens (including phenoxy) is 2. The predicted octanol–water partition coefficient (Wildman–Crippen LogP) is 9.00. The van der Waals surface area contributed by atoms with Crippen molar-refractivity contribution in [2.75, 3.05) is 0 Å². The highest BCUT2D eigenvalue weighted by Gasteiger charge is 2.55. The van der Waals surface area contributed by atoms with E-state index in [1.807, 2.05) is 74.5 Å². The fourth-order valence-corrected chi connectivity index (χ4v) is 9.37. The summed E-state index contributed by atoms with van der Waals surface area (Å²) < 4.78 is 55.5. The van der Waals surface area contributed by atoms with Gasteiger partial charge < -0.3 is 9.47 Å². The standard InChI is InChI=1S/C33H36F3O2S/c1-21(2)32(37-30-19-22-18-28(30)27-15-9-14-26(22)27)38-31-20-25(16-17-29(31)33(34,35)36)39(23-10-5-3-6-11-23)24-12-7-4-8-13-24/h3-8,10-13,16-17,20-22,26-28,30,32H,9,14-15,18-19H2,1-2H3/q+1. The zero-order valence-corrected chi connectivity index (χ0v) is 23.3. The third kappa shape index (κ3) is 5.35. The molecule has 3 aromatic carbocycles. The van der Waals surface area contributed by atoms with Gasteiger partial charge in [-0.2, -0.15) is 13.2 Å². The van der Waals surface area contributed by atoms with Crippen molar-refractivity contribution in [1.82, 2.24) is 0 Å². The molecule has 206 valence electrons. The lowest BCUT2D eigenvalue weighted by atomic mass is 9.80. The van der Waals surface area contributed by atoms with Crippen molar-refractivity contribution >= 4 is 10.9 Å². The van der Waals surface area contributed by atoms with Crippen LogP contribution in [0, 0.1) is 29.6 Å². The van der Waals surface area contributed by atoms with Crippen molar-refractivity contribution in [3.63, 3.8) is 0 Å². The summed E-state index contributed by atoms with van der Waals surface area (Å²) in [6, 6.07) is 24.2. The van der Waals surface area contributed by atoms with Crippen molar-refractivity contribution < 1.29 is 22.6 Å². The second-order valence-electron chi connectivity index (χ2n) is 11.6. The third-order valence-electron chi connectivity index (χ3n) is 8.92. The first-order valence-electron chi connectivity index (χ1n) is 14.2. The molecule has 0 aromatic heterocycles. The van der Waals surface area contributed by atoms with E-state index >= 15 is 0 Å². The van der Waals surface area contributed by atoms with E-state index < -0.39 is 28.9 Å². The highest BCUT2D eigenvalue weighted by molar-refractivity contribution is 7.97. The van der Waals surface area contributed by atoms with Crippen LogP contribution in [0.3, 0.4) is 0 Å². The minimum atomic E-state index is -4.53.